The predicted molar refractivity (Wildman–Crippen MR) is 109 cm³/mol. The Hall–Kier alpha value is -2.55. The molecule has 4 rings (SSSR count). The van der Waals surface area contributed by atoms with Crippen LogP contribution in [0.15, 0.2) is 42.5 Å². The molecular weight excluding hydrogens is 370 g/mol. The molecule has 154 valence electrons. The molecule has 2 aliphatic rings. The first-order chi connectivity index (χ1) is 14.1. The Morgan fingerprint density at radius 1 is 1.14 bits per heavy atom. The molecule has 1 aromatic carbocycles. The third kappa shape index (κ3) is 3.96. The van der Waals surface area contributed by atoms with E-state index in [-0.39, 0.29) is 11.9 Å². The van der Waals surface area contributed by atoms with Crippen molar-refractivity contribution < 1.29 is 14.6 Å². The van der Waals surface area contributed by atoms with Crippen LogP contribution in [0, 0.1) is 0 Å². The van der Waals surface area contributed by atoms with Crippen molar-refractivity contribution in [2.24, 2.45) is 0 Å². The smallest absolute Gasteiger partial charge is 0.271 e. The number of hydrogen-bond acceptors (Lipinski definition) is 7. The van der Waals surface area contributed by atoms with Gasteiger partial charge in [-0.05, 0) is 24.1 Å². The number of benzene rings is 1. The lowest BCUT2D eigenvalue weighted by molar-refractivity contribution is -0.0911. The van der Waals surface area contributed by atoms with E-state index in [0.29, 0.717) is 44.2 Å². The summed E-state index contributed by atoms with van der Waals surface area (Å²) in [6, 6.07) is 13.3. The van der Waals surface area contributed by atoms with Gasteiger partial charge < -0.3 is 20.1 Å². The third-order valence-electron chi connectivity index (χ3n) is 5.90. The number of aliphatic hydroxyl groups is 1. The molecule has 2 aromatic rings. The molecule has 1 amide bonds. The largest absolute Gasteiger partial charge is 0.383 e. The Morgan fingerprint density at radius 3 is 2.55 bits per heavy atom. The standard InChI is InChI=1S/C21H27N5O3/c1-22-20(27)17-7-8-19(24-23-17)26-10-9-21(28,16-5-3-2-4-6-16)18(15-26)25-11-13-29-14-12-25/h2-8,18,28H,9-15H2,1H3,(H,22,27)/t18-,21+/m1/s1. The Balaban J connectivity index is 1.60. The number of piperidine rings is 1. The number of nitrogens with zero attached hydrogens (tertiary/aromatic N) is 4. The molecule has 2 N–H and O–H groups in total. The van der Waals surface area contributed by atoms with Crippen LogP contribution in [0.3, 0.4) is 0 Å². The summed E-state index contributed by atoms with van der Waals surface area (Å²) >= 11 is 0. The lowest BCUT2D eigenvalue weighted by atomic mass is 9.79. The Labute approximate surface area is 170 Å². The molecule has 2 fully saturated rings. The van der Waals surface area contributed by atoms with Crippen molar-refractivity contribution in [2.75, 3.05) is 51.3 Å². The summed E-state index contributed by atoms with van der Waals surface area (Å²) in [6.07, 6.45) is 0.581. The van der Waals surface area contributed by atoms with Gasteiger partial charge in [0.15, 0.2) is 11.5 Å². The molecule has 0 aliphatic carbocycles. The molecule has 2 atom stereocenters. The molecule has 0 bridgehead atoms. The lowest BCUT2D eigenvalue weighted by Gasteiger charge is -2.50. The van der Waals surface area contributed by atoms with Crippen LogP contribution in [0.25, 0.3) is 0 Å². The molecule has 8 heteroatoms. The average Bonchev–Trinajstić information content (AvgIpc) is 2.80. The van der Waals surface area contributed by atoms with Crippen molar-refractivity contribution >= 4 is 11.7 Å². The fourth-order valence-corrected chi connectivity index (χ4v) is 4.24. The molecule has 0 saturated carbocycles. The van der Waals surface area contributed by atoms with Crippen molar-refractivity contribution in [1.29, 1.82) is 0 Å². The Kier molecular flexibility index (Phi) is 5.75. The maximum atomic E-state index is 11.8. The van der Waals surface area contributed by atoms with E-state index in [1.54, 1.807) is 13.1 Å². The molecule has 0 radical (unpaired) electrons. The normalized spacial score (nSPS) is 25.6. The highest BCUT2D eigenvalue weighted by Gasteiger charge is 2.46. The fourth-order valence-electron chi connectivity index (χ4n) is 4.24. The van der Waals surface area contributed by atoms with Crippen LogP contribution in [0.4, 0.5) is 5.82 Å². The number of morpholine rings is 1. The van der Waals surface area contributed by atoms with Gasteiger partial charge in [-0.25, -0.2) is 0 Å². The van der Waals surface area contributed by atoms with Gasteiger partial charge in [0.2, 0.25) is 0 Å². The molecule has 0 unspecified atom stereocenters. The first-order valence-corrected chi connectivity index (χ1v) is 10.0. The highest BCUT2D eigenvalue weighted by atomic mass is 16.5. The van der Waals surface area contributed by atoms with E-state index in [9.17, 15) is 9.90 Å². The van der Waals surface area contributed by atoms with Gasteiger partial charge in [-0.3, -0.25) is 9.69 Å². The topological polar surface area (TPSA) is 90.8 Å². The summed E-state index contributed by atoms with van der Waals surface area (Å²) in [7, 11) is 1.57. The van der Waals surface area contributed by atoms with Crippen LogP contribution in [0.1, 0.15) is 22.5 Å². The number of carbonyl (C=O) groups is 1. The van der Waals surface area contributed by atoms with Gasteiger partial charge in [-0.1, -0.05) is 30.3 Å². The molecule has 29 heavy (non-hydrogen) atoms. The second kappa shape index (κ2) is 8.44. The highest BCUT2D eigenvalue weighted by Crippen LogP contribution is 2.37. The van der Waals surface area contributed by atoms with Crippen molar-refractivity contribution in [1.82, 2.24) is 20.4 Å². The number of hydrogen-bond donors (Lipinski definition) is 2. The number of anilines is 1. The maximum absolute atomic E-state index is 11.8. The maximum Gasteiger partial charge on any atom is 0.271 e. The van der Waals surface area contributed by atoms with Crippen LogP contribution < -0.4 is 10.2 Å². The van der Waals surface area contributed by atoms with Gasteiger partial charge >= 0.3 is 0 Å². The number of amides is 1. The Morgan fingerprint density at radius 2 is 1.90 bits per heavy atom. The number of ether oxygens (including phenoxy) is 1. The van der Waals surface area contributed by atoms with E-state index in [1.165, 1.54) is 0 Å². The summed E-state index contributed by atoms with van der Waals surface area (Å²) in [5.74, 6) is 0.457. The Bertz CT molecular complexity index is 826. The monoisotopic (exact) mass is 397 g/mol. The summed E-state index contributed by atoms with van der Waals surface area (Å²) in [5, 5.41) is 22.6. The van der Waals surface area contributed by atoms with E-state index >= 15 is 0 Å². The van der Waals surface area contributed by atoms with Crippen LogP contribution in [-0.4, -0.2) is 78.6 Å². The lowest BCUT2D eigenvalue weighted by Crippen LogP contribution is -2.62. The van der Waals surface area contributed by atoms with Crippen LogP contribution >= 0.6 is 0 Å². The van der Waals surface area contributed by atoms with Crippen molar-refractivity contribution in [2.45, 2.75) is 18.1 Å². The third-order valence-corrected chi connectivity index (χ3v) is 5.90. The minimum Gasteiger partial charge on any atom is -0.383 e. The summed E-state index contributed by atoms with van der Waals surface area (Å²) in [4.78, 5) is 16.2. The van der Waals surface area contributed by atoms with Crippen LogP contribution in [0.5, 0.6) is 0 Å². The zero-order valence-corrected chi connectivity index (χ0v) is 16.6. The minimum atomic E-state index is -0.940. The van der Waals surface area contributed by atoms with E-state index in [0.717, 1.165) is 18.7 Å². The zero-order chi connectivity index (χ0) is 20.3. The SMILES string of the molecule is CNC(=O)c1ccc(N2CC[C@](O)(c3ccccc3)[C@H](N3CCOCC3)C2)nn1. The second-order valence-corrected chi connectivity index (χ2v) is 7.51. The first kappa shape index (κ1) is 19.8. The van der Waals surface area contributed by atoms with E-state index < -0.39 is 5.60 Å². The second-order valence-electron chi connectivity index (χ2n) is 7.51. The van der Waals surface area contributed by atoms with Gasteiger partial charge in [-0.15, -0.1) is 10.2 Å². The molecule has 2 aliphatic heterocycles. The molecule has 2 saturated heterocycles. The highest BCUT2D eigenvalue weighted by molar-refractivity contribution is 5.91. The number of aromatic nitrogens is 2. The quantitative estimate of drug-likeness (QED) is 0.782. The van der Waals surface area contributed by atoms with Crippen LogP contribution in [0.2, 0.25) is 0 Å². The zero-order valence-electron chi connectivity index (χ0n) is 16.6. The molecular formula is C21H27N5O3. The van der Waals surface area contributed by atoms with E-state index in [4.69, 9.17) is 4.74 Å². The fraction of sp³-hybridized carbons (Fsp3) is 0.476. The molecule has 0 spiro atoms. The van der Waals surface area contributed by atoms with Gasteiger partial charge in [-0.2, -0.15) is 0 Å². The number of rotatable bonds is 4. The van der Waals surface area contributed by atoms with E-state index in [2.05, 4.69) is 25.3 Å². The summed E-state index contributed by atoms with van der Waals surface area (Å²) in [6.45, 7) is 4.19. The van der Waals surface area contributed by atoms with E-state index in [1.807, 2.05) is 36.4 Å². The molecule has 3 heterocycles. The van der Waals surface area contributed by atoms with Gasteiger partial charge in [0.05, 0.1) is 19.3 Å². The number of nitrogens with one attached hydrogen (secondary N) is 1. The van der Waals surface area contributed by atoms with Crippen molar-refractivity contribution in [3.63, 3.8) is 0 Å². The van der Waals surface area contributed by atoms with Crippen molar-refractivity contribution in [3.05, 3.63) is 53.7 Å². The molecule has 8 nitrogen and oxygen atoms in total. The van der Waals surface area contributed by atoms with Crippen molar-refractivity contribution in [3.8, 4) is 0 Å². The average molecular weight is 397 g/mol. The number of carbonyl (C=O) groups excluding carboxylic acids is 1. The summed E-state index contributed by atoms with van der Waals surface area (Å²) in [5.41, 5.74) is 0.292. The van der Waals surface area contributed by atoms with Gasteiger partial charge in [0.1, 0.15) is 5.60 Å². The van der Waals surface area contributed by atoms with Gasteiger partial charge in [0.25, 0.3) is 5.91 Å². The summed E-state index contributed by atoms with van der Waals surface area (Å²) < 4.78 is 5.52. The van der Waals surface area contributed by atoms with Gasteiger partial charge in [0, 0.05) is 33.2 Å². The molecule has 1 aromatic heterocycles. The minimum absolute atomic E-state index is 0.0945. The first-order valence-electron chi connectivity index (χ1n) is 10.0. The predicted octanol–water partition coefficient (Wildman–Crippen LogP) is 0.635. The van der Waals surface area contributed by atoms with Crippen LogP contribution in [-0.2, 0) is 10.3 Å².